The van der Waals surface area contributed by atoms with E-state index in [2.05, 4.69) is 21.3 Å². The number of para-hydroxylation sites is 1. The molecule has 1 heterocycles. The molecule has 1 aromatic heterocycles. The highest BCUT2D eigenvalue weighted by Crippen LogP contribution is 2.36. The Balaban J connectivity index is 1.77. The summed E-state index contributed by atoms with van der Waals surface area (Å²) >= 11 is 12.8. The third kappa shape index (κ3) is 4.90. The number of benzene rings is 2. The molecule has 0 radical (unpaired) electrons. The fraction of sp³-hybridized carbons (Fsp3) is 0.0526. The van der Waals surface area contributed by atoms with E-state index in [0.717, 1.165) is 11.3 Å². The number of rotatable bonds is 6. The summed E-state index contributed by atoms with van der Waals surface area (Å²) in [6.45, 7) is 0.172. The molecule has 0 aliphatic heterocycles. The Kier molecular flexibility index (Phi) is 6.67. The lowest BCUT2D eigenvalue weighted by molar-refractivity contribution is 0.248. The van der Waals surface area contributed by atoms with Gasteiger partial charge in [-0.25, -0.2) is 4.79 Å². The van der Waals surface area contributed by atoms with E-state index in [1.54, 1.807) is 30.5 Å². The number of pyridine rings is 1. The number of carbonyl (C=O) groups excluding carboxylic acids is 1. The SMILES string of the molecule is NNNC(=O)Nc1ccccc1COc1cc(Cl)c(-c2ccccn2)cc1Cl. The van der Waals surface area contributed by atoms with Gasteiger partial charge in [0.25, 0.3) is 0 Å². The zero-order valence-corrected chi connectivity index (χ0v) is 16.1. The monoisotopic (exact) mass is 417 g/mol. The average Bonchev–Trinajstić information content (AvgIpc) is 2.70. The van der Waals surface area contributed by atoms with Crippen LogP contribution in [0.5, 0.6) is 5.75 Å². The van der Waals surface area contributed by atoms with E-state index in [1.165, 1.54) is 0 Å². The van der Waals surface area contributed by atoms with Crippen molar-refractivity contribution in [2.75, 3.05) is 5.32 Å². The molecule has 0 unspecified atom stereocenters. The van der Waals surface area contributed by atoms with Gasteiger partial charge in [0.05, 0.1) is 15.7 Å². The highest BCUT2D eigenvalue weighted by Gasteiger charge is 2.12. The lowest BCUT2D eigenvalue weighted by Crippen LogP contribution is -2.44. The molecule has 2 amide bonds. The van der Waals surface area contributed by atoms with Crippen LogP contribution in [-0.4, -0.2) is 11.0 Å². The standard InChI is InChI=1S/C19H17Cl2N5O2/c20-14-10-18(15(21)9-13(14)17-7-3-4-8-23-17)28-11-12-5-1-2-6-16(12)24-19(27)25-26-22/h1-10,26H,11,22H2,(H2,24,25,27). The summed E-state index contributed by atoms with van der Waals surface area (Å²) in [6.07, 6.45) is 1.68. The van der Waals surface area contributed by atoms with Crippen LogP contribution in [0, 0.1) is 0 Å². The quantitative estimate of drug-likeness (QED) is 0.356. The van der Waals surface area contributed by atoms with Gasteiger partial charge in [-0.2, -0.15) is 5.53 Å². The van der Waals surface area contributed by atoms with Crippen molar-refractivity contribution in [2.45, 2.75) is 6.61 Å². The lowest BCUT2D eigenvalue weighted by atomic mass is 10.1. The molecule has 2 aromatic carbocycles. The summed E-state index contributed by atoms with van der Waals surface area (Å²) in [7, 11) is 0. The number of halogens is 2. The molecule has 0 aliphatic carbocycles. The molecule has 0 saturated carbocycles. The summed E-state index contributed by atoms with van der Waals surface area (Å²) in [4.78, 5) is 15.9. The van der Waals surface area contributed by atoms with Gasteiger partial charge in [0.15, 0.2) is 0 Å². The van der Waals surface area contributed by atoms with Gasteiger partial charge in [0.1, 0.15) is 12.4 Å². The molecule has 0 atom stereocenters. The first-order valence-corrected chi connectivity index (χ1v) is 8.98. The van der Waals surface area contributed by atoms with Crippen molar-refractivity contribution in [1.29, 1.82) is 0 Å². The van der Waals surface area contributed by atoms with Gasteiger partial charge in [0.2, 0.25) is 0 Å². The smallest absolute Gasteiger partial charge is 0.334 e. The van der Waals surface area contributed by atoms with E-state index in [1.807, 2.05) is 30.3 Å². The number of hydrogen-bond acceptors (Lipinski definition) is 5. The number of hydrazine groups is 2. The summed E-state index contributed by atoms with van der Waals surface area (Å²) in [5.41, 5.74) is 7.04. The fourth-order valence-electron chi connectivity index (χ4n) is 2.50. The largest absolute Gasteiger partial charge is 0.487 e. The zero-order valence-electron chi connectivity index (χ0n) is 14.6. The minimum absolute atomic E-state index is 0.172. The number of nitrogens with one attached hydrogen (secondary N) is 3. The minimum atomic E-state index is -0.504. The van der Waals surface area contributed by atoms with Crippen molar-refractivity contribution in [2.24, 2.45) is 5.84 Å². The van der Waals surface area contributed by atoms with Crippen LogP contribution in [-0.2, 0) is 6.61 Å². The number of nitrogens with zero attached hydrogens (tertiary/aromatic N) is 1. The first-order valence-electron chi connectivity index (χ1n) is 8.22. The second-order valence-corrected chi connectivity index (χ2v) is 6.46. The van der Waals surface area contributed by atoms with Crippen molar-refractivity contribution in [3.8, 4) is 17.0 Å². The number of anilines is 1. The summed E-state index contributed by atoms with van der Waals surface area (Å²) < 4.78 is 5.83. The third-order valence-corrected chi connectivity index (χ3v) is 4.40. The molecule has 0 saturated heterocycles. The number of ether oxygens (including phenoxy) is 1. The van der Waals surface area contributed by atoms with Gasteiger partial charge in [-0.05, 0) is 24.3 Å². The van der Waals surface area contributed by atoms with E-state index in [-0.39, 0.29) is 6.61 Å². The van der Waals surface area contributed by atoms with Crippen LogP contribution in [0.1, 0.15) is 5.56 Å². The van der Waals surface area contributed by atoms with E-state index >= 15 is 0 Å². The molecule has 28 heavy (non-hydrogen) atoms. The minimum Gasteiger partial charge on any atom is -0.487 e. The Morgan fingerprint density at radius 1 is 1.07 bits per heavy atom. The molecule has 9 heteroatoms. The van der Waals surface area contributed by atoms with Gasteiger partial charge in [0, 0.05) is 29.1 Å². The molecule has 0 bridgehead atoms. The number of amides is 2. The number of carbonyl (C=O) groups is 1. The first-order chi connectivity index (χ1) is 13.6. The van der Waals surface area contributed by atoms with Gasteiger partial charge in [-0.15, -0.1) is 0 Å². The van der Waals surface area contributed by atoms with Gasteiger partial charge in [-0.3, -0.25) is 16.3 Å². The summed E-state index contributed by atoms with van der Waals surface area (Å²) in [5.74, 6) is 5.49. The maximum atomic E-state index is 11.7. The Hall–Kier alpha value is -2.84. The molecular weight excluding hydrogens is 401 g/mol. The van der Waals surface area contributed by atoms with E-state index in [9.17, 15) is 4.79 Å². The predicted octanol–water partition coefficient (Wildman–Crippen LogP) is 4.13. The molecule has 0 spiro atoms. The number of aromatic nitrogens is 1. The van der Waals surface area contributed by atoms with Crippen LogP contribution in [0.15, 0.2) is 60.8 Å². The van der Waals surface area contributed by atoms with Crippen LogP contribution in [0.3, 0.4) is 0 Å². The van der Waals surface area contributed by atoms with Crippen LogP contribution < -0.4 is 26.9 Å². The second-order valence-electron chi connectivity index (χ2n) is 5.65. The fourth-order valence-corrected chi connectivity index (χ4v) is 2.97. The van der Waals surface area contributed by atoms with Crippen LogP contribution >= 0.6 is 23.2 Å². The molecule has 3 aromatic rings. The van der Waals surface area contributed by atoms with E-state index in [4.69, 9.17) is 33.8 Å². The van der Waals surface area contributed by atoms with Gasteiger partial charge >= 0.3 is 6.03 Å². The lowest BCUT2D eigenvalue weighted by Gasteiger charge is -2.14. The topological polar surface area (TPSA) is 101 Å². The average molecular weight is 418 g/mol. The highest BCUT2D eigenvalue weighted by molar-refractivity contribution is 6.36. The van der Waals surface area contributed by atoms with Crippen molar-refractivity contribution in [3.63, 3.8) is 0 Å². The number of hydrogen-bond donors (Lipinski definition) is 4. The maximum Gasteiger partial charge on any atom is 0.334 e. The molecule has 3 rings (SSSR count). The Labute approximate surface area is 171 Å². The van der Waals surface area contributed by atoms with E-state index < -0.39 is 6.03 Å². The van der Waals surface area contributed by atoms with Gasteiger partial charge in [-0.1, -0.05) is 47.5 Å². The Bertz CT molecular complexity index is 970. The van der Waals surface area contributed by atoms with Crippen molar-refractivity contribution in [1.82, 2.24) is 15.9 Å². The second kappa shape index (κ2) is 9.38. The molecule has 5 N–H and O–H groups in total. The first kappa shape index (κ1) is 19.9. The summed E-state index contributed by atoms with van der Waals surface area (Å²) in [5, 5.41) is 3.54. The third-order valence-electron chi connectivity index (χ3n) is 3.80. The van der Waals surface area contributed by atoms with E-state index in [0.29, 0.717) is 27.0 Å². The highest BCUT2D eigenvalue weighted by atomic mass is 35.5. The summed E-state index contributed by atoms with van der Waals surface area (Å²) in [6, 6.07) is 15.6. The molecule has 0 aliphatic rings. The van der Waals surface area contributed by atoms with Crippen molar-refractivity contribution < 1.29 is 9.53 Å². The predicted molar refractivity (Wildman–Crippen MR) is 110 cm³/mol. The number of urea groups is 1. The van der Waals surface area contributed by atoms with Gasteiger partial charge < -0.3 is 10.1 Å². The number of nitrogens with two attached hydrogens (primary N) is 1. The van der Waals surface area contributed by atoms with Crippen LogP contribution in [0.4, 0.5) is 10.5 Å². The van der Waals surface area contributed by atoms with Crippen molar-refractivity contribution >= 4 is 34.9 Å². The molecule has 144 valence electrons. The van der Waals surface area contributed by atoms with Crippen molar-refractivity contribution in [3.05, 3.63) is 76.4 Å². The molecular formula is C19H17Cl2N5O2. The Morgan fingerprint density at radius 2 is 1.86 bits per heavy atom. The zero-order chi connectivity index (χ0) is 19.9. The maximum absolute atomic E-state index is 11.7. The Morgan fingerprint density at radius 3 is 2.61 bits per heavy atom. The molecule has 0 fully saturated rings. The van der Waals surface area contributed by atoms with Crippen LogP contribution in [0.25, 0.3) is 11.3 Å². The normalized spacial score (nSPS) is 10.4. The molecule has 7 nitrogen and oxygen atoms in total. The van der Waals surface area contributed by atoms with Crippen LogP contribution in [0.2, 0.25) is 10.0 Å².